The second-order valence-electron chi connectivity index (χ2n) is 5.26. The quantitative estimate of drug-likeness (QED) is 0.777. The van der Waals surface area contributed by atoms with Crippen LogP contribution < -0.4 is 14.8 Å². The maximum atomic E-state index is 12.7. The number of carbonyl (C=O) groups excluding carboxylic acids is 3. The summed E-state index contributed by atoms with van der Waals surface area (Å²) in [6.07, 6.45) is 0. The number of hydrogen-bond donors (Lipinski definition) is 1. The van der Waals surface area contributed by atoms with Crippen molar-refractivity contribution in [3.8, 4) is 11.5 Å². The Morgan fingerprint density at radius 3 is 2.04 bits per heavy atom. The molecule has 8 nitrogen and oxygen atoms in total. The fourth-order valence-corrected chi connectivity index (χ4v) is 2.36. The van der Waals surface area contributed by atoms with E-state index in [0.717, 1.165) is 0 Å². The smallest absolute Gasteiger partial charge is 0.339 e. The third kappa shape index (κ3) is 4.35. The molecule has 0 bridgehead atoms. The minimum absolute atomic E-state index is 0.0889. The Morgan fingerprint density at radius 2 is 1.44 bits per heavy atom. The van der Waals surface area contributed by atoms with Gasteiger partial charge in [0, 0.05) is 6.07 Å². The number of esters is 2. The van der Waals surface area contributed by atoms with Crippen molar-refractivity contribution in [2.45, 2.75) is 0 Å². The summed E-state index contributed by atoms with van der Waals surface area (Å²) in [5.74, 6) is -1.00. The maximum absolute atomic E-state index is 12.7. The first-order chi connectivity index (χ1) is 12.9. The van der Waals surface area contributed by atoms with Gasteiger partial charge in [-0.1, -0.05) is 0 Å². The van der Waals surface area contributed by atoms with Gasteiger partial charge >= 0.3 is 11.9 Å². The Bertz CT molecular complexity index is 876. The lowest BCUT2D eigenvalue weighted by Crippen LogP contribution is -2.17. The van der Waals surface area contributed by atoms with Gasteiger partial charge < -0.3 is 24.3 Å². The van der Waals surface area contributed by atoms with E-state index in [1.807, 2.05) is 0 Å². The summed E-state index contributed by atoms with van der Waals surface area (Å²) in [4.78, 5) is 36.4. The summed E-state index contributed by atoms with van der Waals surface area (Å²) in [5, 5.41) is 2.61. The fourth-order valence-electron chi connectivity index (χ4n) is 2.36. The molecule has 2 rings (SSSR count). The number of anilines is 1. The summed E-state index contributed by atoms with van der Waals surface area (Å²) in [6, 6.07) is 8.80. The molecule has 0 unspecified atom stereocenters. The summed E-state index contributed by atoms with van der Waals surface area (Å²) in [6.45, 7) is 0. The van der Waals surface area contributed by atoms with Gasteiger partial charge in [-0.25, -0.2) is 9.59 Å². The van der Waals surface area contributed by atoms with Crippen LogP contribution in [0.5, 0.6) is 11.5 Å². The van der Waals surface area contributed by atoms with Crippen LogP contribution in [0.25, 0.3) is 0 Å². The molecule has 1 N–H and O–H groups in total. The van der Waals surface area contributed by atoms with Gasteiger partial charge in [0.15, 0.2) is 0 Å². The van der Waals surface area contributed by atoms with Crippen LogP contribution in [-0.4, -0.2) is 46.3 Å². The number of rotatable bonds is 6. The van der Waals surface area contributed by atoms with Crippen LogP contribution in [0.4, 0.5) is 5.69 Å². The highest BCUT2D eigenvalue weighted by Gasteiger charge is 2.20. The zero-order valence-electron chi connectivity index (χ0n) is 15.3. The predicted octanol–water partition coefficient (Wildman–Crippen LogP) is 2.53. The van der Waals surface area contributed by atoms with Crippen molar-refractivity contribution < 1.29 is 33.3 Å². The Hall–Kier alpha value is -3.55. The average molecular weight is 373 g/mol. The molecule has 1 amide bonds. The zero-order chi connectivity index (χ0) is 20.0. The van der Waals surface area contributed by atoms with Crippen molar-refractivity contribution in [3.05, 3.63) is 53.1 Å². The first-order valence-electron chi connectivity index (χ1n) is 7.79. The molecule has 0 aliphatic rings. The van der Waals surface area contributed by atoms with Crippen LogP contribution in [0.15, 0.2) is 36.4 Å². The van der Waals surface area contributed by atoms with Crippen molar-refractivity contribution in [1.82, 2.24) is 0 Å². The summed E-state index contributed by atoms with van der Waals surface area (Å²) in [7, 11) is 5.37. The Morgan fingerprint density at radius 1 is 0.778 bits per heavy atom. The molecule has 0 aliphatic heterocycles. The second kappa shape index (κ2) is 8.70. The number of amides is 1. The van der Waals surface area contributed by atoms with Crippen molar-refractivity contribution in [3.63, 3.8) is 0 Å². The Balaban J connectivity index is 2.44. The molecule has 8 heteroatoms. The molecule has 142 valence electrons. The van der Waals surface area contributed by atoms with Gasteiger partial charge in [0.1, 0.15) is 11.5 Å². The topological polar surface area (TPSA) is 100 Å². The number of methoxy groups -OCH3 is 4. The molecule has 27 heavy (non-hydrogen) atoms. The average Bonchev–Trinajstić information content (AvgIpc) is 2.71. The molecule has 0 spiro atoms. The zero-order valence-corrected chi connectivity index (χ0v) is 15.3. The molecule has 2 aromatic rings. The lowest BCUT2D eigenvalue weighted by Gasteiger charge is -2.13. The van der Waals surface area contributed by atoms with Gasteiger partial charge in [0.2, 0.25) is 0 Å². The highest BCUT2D eigenvalue weighted by molar-refractivity contribution is 6.10. The van der Waals surface area contributed by atoms with E-state index in [4.69, 9.17) is 14.2 Å². The Labute approximate surface area is 156 Å². The van der Waals surface area contributed by atoms with E-state index in [9.17, 15) is 14.4 Å². The highest BCUT2D eigenvalue weighted by atomic mass is 16.5. The number of hydrogen-bond acceptors (Lipinski definition) is 7. The lowest BCUT2D eigenvalue weighted by atomic mass is 10.1. The SMILES string of the molecule is COC(=O)c1ccc(C(=O)OC)c(NC(=O)c2ccc(OC)cc2OC)c1. The molecule has 0 heterocycles. The minimum Gasteiger partial charge on any atom is -0.497 e. The normalized spacial score (nSPS) is 9.93. The standard InChI is InChI=1S/C19H19NO7/c1-24-12-6-8-14(16(10-12)25-2)17(21)20-15-9-11(18(22)26-3)5-7-13(15)19(23)27-4/h5-10H,1-4H3,(H,20,21). The first kappa shape index (κ1) is 19.8. The monoisotopic (exact) mass is 373 g/mol. The van der Waals surface area contributed by atoms with E-state index in [0.29, 0.717) is 5.75 Å². The van der Waals surface area contributed by atoms with Crippen molar-refractivity contribution >= 4 is 23.5 Å². The fraction of sp³-hybridized carbons (Fsp3) is 0.211. The van der Waals surface area contributed by atoms with Gasteiger partial charge in [-0.2, -0.15) is 0 Å². The van der Waals surface area contributed by atoms with Crippen LogP contribution in [0.1, 0.15) is 31.1 Å². The van der Waals surface area contributed by atoms with Gasteiger partial charge in [-0.05, 0) is 30.3 Å². The summed E-state index contributed by atoms with van der Waals surface area (Å²) < 4.78 is 19.7. The number of nitrogens with one attached hydrogen (secondary N) is 1. The number of benzene rings is 2. The van der Waals surface area contributed by atoms with E-state index in [1.54, 1.807) is 12.1 Å². The van der Waals surface area contributed by atoms with Crippen LogP contribution in [0.3, 0.4) is 0 Å². The molecule has 2 aromatic carbocycles. The maximum Gasteiger partial charge on any atom is 0.339 e. The van der Waals surface area contributed by atoms with E-state index >= 15 is 0 Å². The van der Waals surface area contributed by atoms with Crippen molar-refractivity contribution in [2.24, 2.45) is 0 Å². The van der Waals surface area contributed by atoms with Gasteiger partial charge in [-0.15, -0.1) is 0 Å². The predicted molar refractivity (Wildman–Crippen MR) is 96.6 cm³/mol. The molecule has 0 atom stereocenters. The molecule has 0 radical (unpaired) electrons. The highest BCUT2D eigenvalue weighted by Crippen LogP contribution is 2.27. The van der Waals surface area contributed by atoms with E-state index < -0.39 is 17.8 Å². The van der Waals surface area contributed by atoms with Crippen molar-refractivity contribution in [1.29, 1.82) is 0 Å². The van der Waals surface area contributed by atoms with Crippen LogP contribution in [0, 0.1) is 0 Å². The van der Waals surface area contributed by atoms with Crippen LogP contribution >= 0.6 is 0 Å². The van der Waals surface area contributed by atoms with Gasteiger partial charge in [0.05, 0.1) is 50.8 Å². The molecular formula is C19H19NO7. The third-order valence-corrected chi connectivity index (χ3v) is 3.75. The van der Waals surface area contributed by atoms with E-state index in [-0.39, 0.29) is 28.1 Å². The summed E-state index contributed by atoms with van der Waals surface area (Å²) >= 11 is 0. The van der Waals surface area contributed by atoms with E-state index in [2.05, 4.69) is 10.1 Å². The molecule has 0 aromatic heterocycles. The largest absolute Gasteiger partial charge is 0.497 e. The van der Waals surface area contributed by atoms with Crippen LogP contribution in [0.2, 0.25) is 0 Å². The second-order valence-corrected chi connectivity index (χ2v) is 5.26. The summed E-state index contributed by atoms with van der Waals surface area (Å²) in [5.41, 5.74) is 0.582. The minimum atomic E-state index is -0.664. The first-order valence-corrected chi connectivity index (χ1v) is 7.79. The van der Waals surface area contributed by atoms with Crippen molar-refractivity contribution in [2.75, 3.05) is 33.8 Å². The molecule has 0 saturated heterocycles. The Kier molecular flexibility index (Phi) is 6.37. The number of ether oxygens (including phenoxy) is 4. The number of carbonyl (C=O) groups is 3. The van der Waals surface area contributed by atoms with E-state index in [1.165, 1.54) is 52.7 Å². The molecule has 0 aliphatic carbocycles. The molecule has 0 fully saturated rings. The van der Waals surface area contributed by atoms with Crippen LogP contribution in [-0.2, 0) is 9.47 Å². The molecular weight excluding hydrogens is 354 g/mol. The lowest BCUT2D eigenvalue weighted by molar-refractivity contribution is 0.0587. The molecule has 0 saturated carbocycles. The third-order valence-electron chi connectivity index (χ3n) is 3.75. The van der Waals surface area contributed by atoms with Gasteiger partial charge in [0.25, 0.3) is 5.91 Å². The van der Waals surface area contributed by atoms with Gasteiger partial charge in [-0.3, -0.25) is 4.79 Å².